The van der Waals surface area contributed by atoms with Crippen molar-refractivity contribution in [3.8, 4) is 11.1 Å². The molecule has 0 bridgehead atoms. The van der Waals surface area contributed by atoms with E-state index in [1.165, 1.54) is 0 Å². The number of anilines is 1. The number of carbonyl (C=O) groups is 1. The van der Waals surface area contributed by atoms with E-state index in [9.17, 15) is 23.2 Å². The molecule has 2 fully saturated rings. The molecule has 0 atom stereocenters. The third-order valence-electron chi connectivity index (χ3n) is 9.95. The Bertz CT molecular complexity index is 1950. The van der Waals surface area contributed by atoms with Crippen LogP contribution in [0.5, 0.6) is 0 Å². The minimum absolute atomic E-state index is 0.0863. The number of imidazole rings is 1. The number of amides is 1. The molecule has 0 saturated carbocycles. The van der Waals surface area contributed by atoms with Crippen molar-refractivity contribution in [1.82, 2.24) is 24.3 Å². The summed E-state index contributed by atoms with van der Waals surface area (Å²) in [5.74, 6) is -0.288. The van der Waals surface area contributed by atoms with Crippen LogP contribution in [0.4, 0.5) is 14.5 Å². The van der Waals surface area contributed by atoms with Crippen molar-refractivity contribution in [3.63, 3.8) is 0 Å². The first-order chi connectivity index (χ1) is 23.0. The van der Waals surface area contributed by atoms with Gasteiger partial charge >= 0.3 is 5.69 Å². The number of nitrogens with zero attached hydrogens (tertiary/aromatic N) is 4. The molecule has 12 heteroatoms. The Balaban J connectivity index is 1.41. The fourth-order valence-corrected chi connectivity index (χ4v) is 7.34. The largest absolute Gasteiger partial charge is 0.381 e. The molecule has 2 aromatic carbocycles. The molecule has 0 radical (unpaired) electrons. The van der Waals surface area contributed by atoms with Gasteiger partial charge in [-0.25, -0.2) is 13.6 Å². The average molecular weight is 663 g/mol. The fraction of sp³-hybridized carbons (Fsp3) is 0.472. The lowest BCUT2D eigenvalue weighted by Crippen LogP contribution is -2.51. The standard InChI is InChI=1S/C36H44F2N6O4/c1-6-43(26-9-11-48-12-10-26)31-16-25(14-28(23(31)4)34(45)39-17-29-21(2)13-22(3)40-35(29)46)24-7-8-30-32(15-24)44(36(47)41(30)5)27-18-42(19-27)20-33(37)38/h7-8,13-16,26-27,33H,6,9-12,17-20H2,1-5H3,(H,39,45)(H,40,46). The van der Waals surface area contributed by atoms with Gasteiger partial charge in [0.25, 0.3) is 17.9 Å². The van der Waals surface area contributed by atoms with E-state index in [1.807, 2.05) is 51.1 Å². The second-order valence-corrected chi connectivity index (χ2v) is 13.1. The summed E-state index contributed by atoms with van der Waals surface area (Å²) >= 11 is 0. The molecule has 10 nitrogen and oxygen atoms in total. The quantitative estimate of drug-likeness (QED) is 0.256. The molecule has 2 aromatic heterocycles. The van der Waals surface area contributed by atoms with E-state index in [1.54, 1.807) is 21.1 Å². The van der Waals surface area contributed by atoms with E-state index in [0.29, 0.717) is 37.4 Å². The Labute approximate surface area is 278 Å². The molecule has 1 amide bonds. The first-order valence-electron chi connectivity index (χ1n) is 16.6. The van der Waals surface area contributed by atoms with Gasteiger partial charge in [0.05, 0.1) is 23.6 Å². The molecule has 6 rings (SSSR count). The second-order valence-electron chi connectivity index (χ2n) is 13.1. The molecular weight excluding hydrogens is 618 g/mol. The van der Waals surface area contributed by atoms with Gasteiger partial charge in [0.15, 0.2) is 0 Å². The lowest BCUT2D eigenvalue weighted by molar-refractivity contribution is 0.0295. The maximum atomic E-state index is 13.9. The van der Waals surface area contributed by atoms with Gasteiger partial charge in [-0.15, -0.1) is 0 Å². The Hall–Kier alpha value is -4.29. The smallest absolute Gasteiger partial charge is 0.329 e. The number of fused-ring (bicyclic) bond motifs is 1. The molecular formula is C36H44F2N6O4. The van der Waals surface area contributed by atoms with Gasteiger partial charge in [0, 0.05) is 75.0 Å². The van der Waals surface area contributed by atoms with Crippen LogP contribution in [0.25, 0.3) is 22.2 Å². The molecule has 0 spiro atoms. The Kier molecular flexibility index (Phi) is 9.57. The number of likely N-dealkylation sites (tertiary alicyclic amines) is 1. The second kappa shape index (κ2) is 13.7. The van der Waals surface area contributed by atoms with E-state index < -0.39 is 6.43 Å². The van der Waals surface area contributed by atoms with Crippen LogP contribution in [0, 0.1) is 20.8 Å². The molecule has 0 aliphatic carbocycles. The molecule has 2 aliphatic heterocycles. The SMILES string of the molecule is CCN(c1cc(-c2ccc3c(c2)n(C2CN(CC(F)F)C2)c(=O)n3C)cc(C(=O)NCc2c(C)cc(C)[nH]c2=O)c1C)C1CCOCC1. The lowest BCUT2D eigenvalue weighted by atomic mass is 9.95. The number of aromatic amines is 1. The number of hydrogen-bond donors (Lipinski definition) is 2. The zero-order valence-electron chi connectivity index (χ0n) is 28.2. The molecule has 4 heterocycles. The molecule has 48 heavy (non-hydrogen) atoms. The number of H-pyrrole nitrogens is 1. The van der Waals surface area contributed by atoms with Crippen LogP contribution in [0.2, 0.25) is 0 Å². The van der Waals surface area contributed by atoms with Gasteiger partial charge in [-0.3, -0.25) is 23.6 Å². The number of aromatic nitrogens is 3. The summed E-state index contributed by atoms with van der Waals surface area (Å²) in [6.45, 7) is 10.4. The average Bonchev–Trinajstić information content (AvgIpc) is 3.27. The highest BCUT2D eigenvalue weighted by molar-refractivity contribution is 5.99. The maximum Gasteiger partial charge on any atom is 0.329 e. The number of aryl methyl sites for hydroxylation is 3. The van der Waals surface area contributed by atoms with Crippen molar-refractivity contribution in [1.29, 1.82) is 0 Å². The lowest BCUT2D eigenvalue weighted by Gasteiger charge is -2.39. The predicted molar refractivity (Wildman–Crippen MR) is 183 cm³/mol. The zero-order chi connectivity index (χ0) is 34.3. The van der Waals surface area contributed by atoms with Crippen molar-refractivity contribution in [2.45, 2.75) is 65.6 Å². The van der Waals surface area contributed by atoms with Gasteiger partial charge < -0.3 is 19.9 Å². The fourth-order valence-electron chi connectivity index (χ4n) is 7.34. The number of nitrogens with one attached hydrogen (secondary N) is 2. The third kappa shape index (κ3) is 6.43. The van der Waals surface area contributed by atoms with Crippen molar-refractivity contribution >= 4 is 22.6 Å². The highest BCUT2D eigenvalue weighted by Crippen LogP contribution is 2.35. The normalized spacial score (nSPS) is 16.1. The van der Waals surface area contributed by atoms with Crippen LogP contribution in [-0.2, 0) is 18.3 Å². The highest BCUT2D eigenvalue weighted by Gasteiger charge is 2.33. The summed E-state index contributed by atoms with van der Waals surface area (Å²) < 4.78 is 34.9. The molecule has 4 aromatic rings. The van der Waals surface area contributed by atoms with E-state index >= 15 is 0 Å². The van der Waals surface area contributed by atoms with Gasteiger partial charge in [0.2, 0.25) is 0 Å². The number of benzene rings is 2. The number of pyridine rings is 1. The third-order valence-corrected chi connectivity index (χ3v) is 9.95. The van der Waals surface area contributed by atoms with Crippen LogP contribution < -0.4 is 21.5 Å². The first-order valence-corrected chi connectivity index (χ1v) is 16.6. The Morgan fingerprint density at radius 3 is 2.44 bits per heavy atom. The van der Waals surface area contributed by atoms with E-state index in [2.05, 4.69) is 28.2 Å². The summed E-state index contributed by atoms with van der Waals surface area (Å²) in [6, 6.07) is 11.7. The number of rotatable bonds is 10. The molecule has 2 aliphatic rings. The Morgan fingerprint density at radius 2 is 1.77 bits per heavy atom. The first kappa shape index (κ1) is 33.6. The zero-order valence-corrected chi connectivity index (χ0v) is 28.2. The molecule has 256 valence electrons. The van der Waals surface area contributed by atoms with Gasteiger partial charge in [-0.05, 0) is 93.1 Å². The van der Waals surface area contributed by atoms with Crippen molar-refractivity contribution < 1.29 is 18.3 Å². The summed E-state index contributed by atoms with van der Waals surface area (Å²) in [5.41, 5.74) is 7.07. The monoisotopic (exact) mass is 662 g/mol. The van der Waals surface area contributed by atoms with Gasteiger partial charge in [0.1, 0.15) is 0 Å². The number of hydrogen-bond acceptors (Lipinski definition) is 6. The maximum absolute atomic E-state index is 13.9. The van der Waals surface area contributed by atoms with Gasteiger partial charge in [-0.1, -0.05) is 6.07 Å². The minimum atomic E-state index is -2.42. The van der Waals surface area contributed by atoms with Crippen LogP contribution in [0.1, 0.15) is 58.5 Å². The summed E-state index contributed by atoms with van der Waals surface area (Å²) in [7, 11) is 1.72. The van der Waals surface area contributed by atoms with Crippen LogP contribution in [-0.4, -0.2) is 76.8 Å². The molecule has 2 saturated heterocycles. The number of carbonyl (C=O) groups excluding carboxylic acids is 1. The summed E-state index contributed by atoms with van der Waals surface area (Å²) in [5, 5.41) is 2.99. The van der Waals surface area contributed by atoms with Crippen molar-refractivity contribution in [2.75, 3.05) is 44.3 Å². The number of alkyl halides is 2. The van der Waals surface area contributed by atoms with Crippen molar-refractivity contribution in [2.24, 2.45) is 7.05 Å². The molecule has 0 unspecified atom stereocenters. The van der Waals surface area contributed by atoms with Crippen LogP contribution in [0.3, 0.4) is 0 Å². The number of ether oxygens (including phenoxy) is 1. The Morgan fingerprint density at radius 1 is 1.04 bits per heavy atom. The van der Waals surface area contributed by atoms with E-state index in [-0.39, 0.29) is 42.3 Å². The minimum Gasteiger partial charge on any atom is -0.381 e. The van der Waals surface area contributed by atoms with Crippen molar-refractivity contribution in [3.05, 3.63) is 85.2 Å². The molecule has 2 N–H and O–H groups in total. The summed E-state index contributed by atoms with van der Waals surface area (Å²) in [4.78, 5) is 46.8. The van der Waals surface area contributed by atoms with Gasteiger partial charge in [-0.2, -0.15) is 0 Å². The predicted octanol–water partition coefficient (Wildman–Crippen LogP) is 4.68. The van der Waals surface area contributed by atoms with Crippen LogP contribution >= 0.6 is 0 Å². The van der Waals surface area contributed by atoms with E-state index in [4.69, 9.17) is 4.74 Å². The number of halogens is 2. The highest BCUT2D eigenvalue weighted by atomic mass is 19.3. The topological polar surface area (TPSA) is 105 Å². The summed E-state index contributed by atoms with van der Waals surface area (Å²) in [6.07, 6.45) is -0.670. The van der Waals surface area contributed by atoms with E-state index in [0.717, 1.165) is 64.1 Å². The van der Waals surface area contributed by atoms with Crippen LogP contribution in [0.15, 0.2) is 46.0 Å².